The van der Waals surface area contributed by atoms with Crippen molar-refractivity contribution in [2.24, 2.45) is 0 Å². The molecular formula is C8H13NO2. The number of nitrogens with zero attached hydrogens (tertiary/aromatic N) is 1. The molecule has 3 heteroatoms. The second-order valence-electron chi connectivity index (χ2n) is 3.98. The fraction of sp³-hybridized carbons (Fsp3) is 1.00. The first-order valence-electron chi connectivity index (χ1n) is 4.33. The Morgan fingerprint density at radius 2 is 2.09 bits per heavy atom. The van der Waals surface area contributed by atoms with E-state index in [1.165, 1.54) is 0 Å². The highest BCUT2D eigenvalue weighted by Crippen LogP contribution is 2.44. The number of hydrogen-bond donors (Lipinski definition) is 1. The van der Waals surface area contributed by atoms with Crippen molar-refractivity contribution >= 4 is 0 Å². The molecule has 0 aliphatic carbocycles. The zero-order chi connectivity index (χ0) is 7.59. The van der Waals surface area contributed by atoms with Crippen molar-refractivity contribution < 1.29 is 9.84 Å². The standard InChI is InChI=1S/C8H13NO2/c1-9-5-2-4-3-6(9)8(11-4)7(5)10/h4-8,10H,2-3H2,1H3/t4?,5-,6-,7-,8-/m1/s1. The Balaban J connectivity index is 2.00. The molecule has 3 nitrogen and oxygen atoms in total. The third-order valence-corrected chi connectivity index (χ3v) is 3.51. The molecular weight excluding hydrogens is 142 g/mol. The van der Waals surface area contributed by atoms with E-state index in [9.17, 15) is 5.11 Å². The minimum absolute atomic E-state index is 0.128. The summed E-state index contributed by atoms with van der Waals surface area (Å²) >= 11 is 0. The molecule has 1 unspecified atom stereocenters. The van der Waals surface area contributed by atoms with Gasteiger partial charge in [0.05, 0.1) is 12.2 Å². The molecule has 4 heterocycles. The Labute approximate surface area is 65.9 Å². The van der Waals surface area contributed by atoms with E-state index in [1.54, 1.807) is 0 Å². The maximum absolute atomic E-state index is 9.71. The molecule has 5 atom stereocenters. The van der Waals surface area contributed by atoms with Crippen LogP contribution >= 0.6 is 0 Å². The van der Waals surface area contributed by atoms with Gasteiger partial charge in [0, 0.05) is 12.1 Å². The van der Waals surface area contributed by atoms with Crippen LogP contribution in [0.4, 0.5) is 0 Å². The van der Waals surface area contributed by atoms with Gasteiger partial charge in [-0.2, -0.15) is 0 Å². The van der Waals surface area contributed by atoms with Gasteiger partial charge in [-0.3, -0.25) is 4.90 Å². The molecule has 0 aromatic heterocycles. The van der Waals surface area contributed by atoms with Gasteiger partial charge in [0.2, 0.25) is 0 Å². The van der Waals surface area contributed by atoms with Gasteiger partial charge < -0.3 is 9.84 Å². The first-order chi connectivity index (χ1) is 5.27. The van der Waals surface area contributed by atoms with Crippen molar-refractivity contribution in [3.8, 4) is 0 Å². The molecule has 0 radical (unpaired) electrons. The van der Waals surface area contributed by atoms with Gasteiger partial charge in [0.25, 0.3) is 0 Å². The average Bonchev–Trinajstić information content (AvgIpc) is 2.39. The number of aliphatic hydroxyl groups is 1. The smallest absolute Gasteiger partial charge is 0.101 e. The van der Waals surface area contributed by atoms with E-state index in [2.05, 4.69) is 11.9 Å². The molecule has 11 heavy (non-hydrogen) atoms. The lowest BCUT2D eigenvalue weighted by Gasteiger charge is -2.33. The summed E-state index contributed by atoms with van der Waals surface area (Å²) in [5.41, 5.74) is 0. The SMILES string of the molecule is CN1[C@@H]2CC3C[C@@H]1[C@@H](O3)[C@@H]2O. The number of ether oxygens (including phenoxy) is 1. The first-order valence-corrected chi connectivity index (χ1v) is 4.33. The van der Waals surface area contributed by atoms with Crippen molar-refractivity contribution in [2.75, 3.05) is 7.05 Å². The number of piperidine rings is 1. The quantitative estimate of drug-likeness (QED) is 0.516. The highest BCUT2D eigenvalue weighted by molar-refractivity contribution is 5.10. The van der Waals surface area contributed by atoms with E-state index in [0.29, 0.717) is 18.2 Å². The third kappa shape index (κ3) is 0.604. The van der Waals surface area contributed by atoms with E-state index in [0.717, 1.165) is 12.8 Å². The molecule has 0 spiro atoms. The van der Waals surface area contributed by atoms with Crippen molar-refractivity contribution in [2.45, 2.75) is 43.2 Å². The summed E-state index contributed by atoms with van der Waals surface area (Å²) in [5.74, 6) is 0. The summed E-state index contributed by atoms with van der Waals surface area (Å²) in [6.07, 6.45) is 2.53. The van der Waals surface area contributed by atoms with Crippen molar-refractivity contribution in [3.05, 3.63) is 0 Å². The zero-order valence-corrected chi connectivity index (χ0v) is 6.60. The molecule has 4 saturated heterocycles. The fourth-order valence-electron chi connectivity index (χ4n) is 2.91. The van der Waals surface area contributed by atoms with E-state index in [-0.39, 0.29) is 12.2 Å². The van der Waals surface area contributed by atoms with Crippen molar-refractivity contribution in [1.82, 2.24) is 4.90 Å². The molecule has 62 valence electrons. The lowest BCUT2D eigenvalue weighted by Crippen LogP contribution is -2.44. The summed E-state index contributed by atoms with van der Waals surface area (Å²) < 4.78 is 5.64. The minimum Gasteiger partial charge on any atom is -0.389 e. The number of rotatable bonds is 0. The molecule has 4 fully saturated rings. The molecule has 4 bridgehead atoms. The summed E-state index contributed by atoms with van der Waals surface area (Å²) in [6.45, 7) is 0. The van der Waals surface area contributed by atoms with Crippen LogP contribution in [0, 0.1) is 0 Å². The van der Waals surface area contributed by atoms with Crippen LogP contribution in [0.5, 0.6) is 0 Å². The van der Waals surface area contributed by atoms with E-state index < -0.39 is 0 Å². The normalized spacial score (nSPS) is 61.1. The first kappa shape index (κ1) is 6.40. The lowest BCUT2D eigenvalue weighted by molar-refractivity contribution is -0.0758. The molecule has 0 saturated carbocycles. The van der Waals surface area contributed by atoms with Gasteiger partial charge in [-0.15, -0.1) is 0 Å². The monoisotopic (exact) mass is 155 g/mol. The lowest BCUT2D eigenvalue weighted by atomic mass is 10.0. The molecule has 1 N–H and O–H groups in total. The Kier molecular flexibility index (Phi) is 1.04. The third-order valence-electron chi connectivity index (χ3n) is 3.51. The Morgan fingerprint density at radius 3 is 2.73 bits per heavy atom. The predicted molar refractivity (Wildman–Crippen MR) is 39.2 cm³/mol. The predicted octanol–water partition coefficient (Wildman–Crippen LogP) is -0.409. The molecule has 4 aliphatic heterocycles. The molecule has 0 aromatic rings. The maximum atomic E-state index is 9.71. The highest BCUT2D eigenvalue weighted by atomic mass is 16.5. The van der Waals surface area contributed by atoms with Crippen molar-refractivity contribution in [3.63, 3.8) is 0 Å². The highest BCUT2D eigenvalue weighted by Gasteiger charge is 2.57. The van der Waals surface area contributed by atoms with Crippen LogP contribution in [0.15, 0.2) is 0 Å². The van der Waals surface area contributed by atoms with Gasteiger partial charge in [-0.25, -0.2) is 0 Å². The zero-order valence-electron chi connectivity index (χ0n) is 6.60. The second-order valence-corrected chi connectivity index (χ2v) is 3.98. The van der Waals surface area contributed by atoms with Gasteiger partial charge in [-0.05, 0) is 19.9 Å². The Morgan fingerprint density at radius 1 is 1.36 bits per heavy atom. The Hall–Kier alpha value is -0.120. The van der Waals surface area contributed by atoms with Crippen LogP contribution < -0.4 is 0 Å². The van der Waals surface area contributed by atoms with Gasteiger partial charge in [-0.1, -0.05) is 0 Å². The number of aliphatic hydroxyl groups excluding tert-OH is 1. The second kappa shape index (κ2) is 1.79. The summed E-state index contributed by atoms with van der Waals surface area (Å²) in [6, 6.07) is 0.895. The average molecular weight is 155 g/mol. The summed E-state index contributed by atoms with van der Waals surface area (Å²) in [5, 5.41) is 9.71. The van der Waals surface area contributed by atoms with Crippen LogP contribution in [-0.4, -0.2) is 47.4 Å². The van der Waals surface area contributed by atoms with Crippen LogP contribution in [-0.2, 0) is 4.74 Å². The molecule has 4 rings (SSSR count). The van der Waals surface area contributed by atoms with E-state index in [1.807, 2.05) is 0 Å². The van der Waals surface area contributed by atoms with E-state index >= 15 is 0 Å². The van der Waals surface area contributed by atoms with Crippen LogP contribution in [0.1, 0.15) is 12.8 Å². The fourth-order valence-corrected chi connectivity index (χ4v) is 2.91. The molecule has 0 amide bonds. The van der Waals surface area contributed by atoms with E-state index in [4.69, 9.17) is 4.74 Å². The Bertz CT molecular complexity index is 175. The van der Waals surface area contributed by atoms with Gasteiger partial charge in [0.1, 0.15) is 6.10 Å². The summed E-state index contributed by atoms with van der Waals surface area (Å²) in [7, 11) is 2.10. The van der Waals surface area contributed by atoms with Gasteiger partial charge in [0.15, 0.2) is 0 Å². The summed E-state index contributed by atoms with van der Waals surface area (Å²) in [4.78, 5) is 2.29. The topological polar surface area (TPSA) is 32.7 Å². The molecule has 4 aliphatic rings. The number of likely N-dealkylation sites (N-methyl/N-ethyl adjacent to an activating group) is 1. The van der Waals surface area contributed by atoms with Crippen LogP contribution in [0.25, 0.3) is 0 Å². The number of hydrogen-bond acceptors (Lipinski definition) is 3. The minimum atomic E-state index is -0.219. The van der Waals surface area contributed by atoms with Gasteiger partial charge >= 0.3 is 0 Å². The largest absolute Gasteiger partial charge is 0.389 e. The van der Waals surface area contributed by atoms with Crippen molar-refractivity contribution in [1.29, 1.82) is 0 Å². The van der Waals surface area contributed by atoms with Crippen LogP contribution in [0.3, 0.4) is 0 Å². The maximum Gasteiger partial charge on any atom is 0.101 e. The van der Waals surface area contributed by atoms with Crippen LogP contribution in [0.2, 0.25) is 0 Å². The molecule has 0 aromatic carbocycles.